The van der Waals surface area contributed by atoms with E-state index in [2.05, 4.69) is 16.4 Å². The largest absolute Gasteiger partial charge is 0.443 e. The average molecular weight is 276 g/mol. The first-order valence-electron chi connectivity index (χ1n) is 7.53. The van der Waals surface area contributed by atoms with E-state index in [0.717, 1.165) is 5.69 Å². The first kappa shape index (κ1) is 14.8. The number of ether oxygens (including phenoxy) is 1. The third kappa shape index (κ3) is 4.51. The van der Waals surface area contributed by atoms with Gasteiger partial charge in [0.2, 0.25) is 0 Å². The summed E-state index contributed by atoms with van der Waals surface area (Å²) in [7, 11) is 0. The highest BCUT2D eigenvalue weighted by Crippen LogP contribution is 2.32. The zero-order valence-corrected chi connectivity index (χ0v) is 12.4. The zero-order chi connectivity index (χ0) is 14.4. The van der Waals surface area contributed by atoms with E-state index >= 15 is 0 Å². The lowest BCUT2D eigenvalue weighted by Gasteiger charge is -2.21. The monoisotopic (exact) mass is 276 g/mol. The fourth-order valence-electron chi connectivity index (χ4n) is 2.62. The fraction of sp³-hybridized carbons (Fsp3) is 0.625. The van der Waals surface area contributed by atoms with Crippen LogP contribution in [0.1, 0.15) is 63.1 Å². The van der Waals surface area contributed by atoms with Crippen LogP contribution >= 0.6 is 0 Å². The first-order chi connectivity index (χ1) is 9.65. The summed E-state index contributed by atoms with van der Waals surface area (Å²) in [6.45, 7) is 4.03. The Labute approximate surface area is 120 Å². The van der Waals surface area contributed by atoms with E-state index in [1.807, 2.05) is 26.1 Å². The summed E-state index contributed by atoms with van der Waals surface area (Å²) in [5.41, 5.74) is 2.11. The van der Waals surface area contributed by atoms with E-state index in [4.69, 9.17) is 4.74 Å². The number of carbonyl (C=O) groups excluding carboxylic acids is 1. The number of rotatable bonds is 4. The van der Waals surface area contributed by atoms with Crippen molar-refractivity contribution in [3.8, 4) is 0 Å². The van der Waals surface area contributed by atoms with Crippen LogP contribution < -0.4 is 5.32 Å². The van der Waals surface area contributed by atoms with Crippen LogP contribution in [0.5, 0.6) is 0 Å². The van der Waals surface area contributed by atoms with Crippen molar-refractivity contribution >= 4 is 6.09 Å². The van der Waals surface area contributed by atoms with Gasteiger partial charge in [-0.25, -0.2) is 4.79 Å². The summed E-state index contributed by atoms with van der Waals surface area (Å²) in [5, 5.41) is 2.69. The Hall–Kier alpha value is -1.58. The fourth-order valence-corrected chi connectivity index (χ4v) is 2.62. The molecule has 110 valence electrons. The molecule has 1 aliphatic carbocycles. The van der Waals surface area contributed by atoms with E-state index in [1.54, 1.807) is 0 Å². The van der Waals surface area contributed by atoms with E-state index < -0.39 is 6.09 Å². The molecule has 0 aromatic carbocycles. The lowest BCUT2D eigenvalue weighted by atomic mass is 9.85. The minimum Gasteiger partial charge on any atom is -0.443 e. The Morgan fingerprint density at radius 2 is 2.10 bits per heavy atom. The van der Waals surface area contributed by atoms with Gasteiger partial charge in [-0.05, 0) is 44.2 Å². The Morgan fingerprint density at radius 1 is 1.35 bits per heavy atom. The normalized spacial score (nSPS) is 16.1. The Balaban J connectivity index is 1.83. The standard InChI is InChI=1S/C16H24N2O2/c1-12(2)18-16(19)20-11-15-9-8-14(10-17-15)13-6-4-3-5-7-13/h8-10,12-13H,3-7,11H2,1-2H3,(H,18,19). The molecule has 0 atom stereocenters. The smallest absolute Gasteiger partial charge is 0.407 e. The minimum absolute atomic E-state index is 0.0872. The summed E-state index contributed by atoms with van der Waals surface area (Å²) in [5.74, 6) is 0.662. The maximum absolute atomic E-state index is 11.4. The van der Waals surface area contributed by atoms with Gasteiger partial charge in [0.1, 0.15) is 6.61 Å². The zero-order valence-electron chi connectivity index (χ0n) is 12.4. The number of alkyl carbamates (subject to hydrolysis) is 1. The third-order valence-electron chi connectivity index (χ3n) is 3.68. The van der Waals surface area contributed by atoms with Gasteiger partial charge in [-0.15, -0.1) is 0 Å². The molecule has 0 radical (unpaired) electrons. The summed E-state index contributed by atoms with van der Waals surface area (Å²) >= 11 is 0. The molecule has 1 aromatic rings. The number of nitrogens with zero attached hydrogens (tertiary/aromatic N) is 1. The number of amides is 1. The van der Waals surface area contributed by atoms with Gasteiger partial charge in [-0.2, -0.15) is 0 Å². The van der Waals surface area contributed by atoms with Crippen LogP contribution in [0.15, 0.2) is 18.3 Å². The highest BCUT2D eigenvalue weighted by molar-refractivity contribution is 5.67. The second kappa shape index (κ2) is 7.27. The van der Waals surface area contributed by atoms with Crippen molar-refractivity contribution in [2.75, 3.05) is 0 Å². The molecule has 1 N–H and O–H groups in total. The molecule has 20 heavy (non-hydrogen) atoms. The molecule has 4 heteroatoms. The minimum atomic E-state index is -0.391. The SMILES string of the molecule is CC(C)NC(=O)OCc1ccc(C2CCCCC2)cn1. The molecule has 0 spiro atoms. The van der Waals surface area contributed by atoms with Crippen molar-refractivity contribution in [2.45, 2.75) is 64.5 Å². The van der Waals surface area contributed by atoms with Gasteiger partial charge >= 0.3 is 6.09 Å². The molecular weight excluding hydrogens is 252 g/mol. The molecule has 1 saturated carbocycles. The van der Waals surface area contributed by atoms with Crippen molar-refractivity contribution in [1.82, 2.24) is 10.3 Å². The van der Waals surface area contributed by atoms with Crippen molar-refractivity contribution in [3.63, 3.8) is 0 Å². The van der Waals surface area contributed by atoms with Crippen molar-refractivity contribution in [1.29, 1.82) is 0 Å². The van der Waals surface area contributed by atoms with Gasteiger partial charge in [0.25, 0.3) is 0 Å². The Bertz CT molecular complexity index is 423. The van der Waals surface area contributed by atoms with Crippen LogP contribution in [-0.4, -0.2) is 17.1 Å². The van der Waals surface area contributed by atoms with Gasteiger partial charge in [0.15, 0.2) is 0 Å². The van der Waals surface area contributed by atoms with E-state index in [1.165, 1.54) is 37.7 Å². The summed E-state index contributed by atoms with van der Waals surface area (Å²) in [6.07, 6.45) is 8.10. The summed E-state index contributed by atoms with van der Waals surface area (Å²) in [6, 6.07) is 4.18. The molecule has 1 fully saturated rings. The number of nitrogens with one attached hydrogen (secondary N) is 1. The molecule has 0 unspecified atom stereocenters. The van der Waals surface area contributed by atoms with Crippen molar-refractivity contribution in [3.05, 3.63) is 29.6 Å². The van der Waals surface area contributed by atoms with Crippen LogP contribution in [0, 0.1) is 0 Å². The van der Waals surface area contributed by atoms with E-state index in [9.17, 15) is 4.79 Å². The van der Waals surface area contributed by atoms with Crippen LogP contribution in [0.2, 0.25) is 0 Å². The summed E-state index contributed by atoms with van der Waals surface area (Å²) < 4.78 is 5.11. The average Bonchev–Trinajstić information content (AvgIpc) is 2.46. The highest BCUT2D eigenvalue weighted by atomic mass is 16.5. The van der Waals surface area contributed by atoms with Crippen LogP contribution in [-0.2, 0) is 11.3 Å². The van der Waals surface area contributed by atoms with Gasteiger partial charge in [0, 0.05) is 12.2 Å². The Kier molecular flexibility index (Phi) is 5.39. The number of aromatic nitrogens is 1. The maximum atomic E-state index is 11.4. The molecule has 4 nitrogen and oxygen atoms in total. The molecule has 2 rings (SSSR count). The van der Waals surface area contributed by atoms with Crippen LogP contribution in [0.4, 0.5) is 4.79 Å². The van der Waals surface area contributed by atoms with Gasteiger partial charge in [-0.3, -0.25) is 4.98 Å². The predicted octanol–water partition coefficient (Wildman–Crippen LogP) is 3.76. The lowest BCUT2D eigenvalue weighted by Crippen LogP contribution is -2.30. The molecule has 0 bridgehead atoms. The maximum Gasteiger partial charge on any atom is 0.407 e. The topological polar surface area (TPSA) is 51.2 Å². The number of hydrogen-bond acceptors (Lipinski definition) is 3. The summed E-state index contributed by atoms with van der Waals surface area (Å²) in [4.78, 5) is 15.8. The van der Waals surface area contributed by atoms with E-state index in [-0.39, 0.29) is 12.6 Å². The van der Waals surface area contributed by atoms with Gasteiger partial charge < -0.3 is 10.1 Å². The molecule has 0 saturated heterocycles. The van der Waals surface area contributed by atoms with Gasteiger partial charge in [-0.1, -0.05) is 25.3 Å². The quantitative estimate of drug-likeness (QED) is 0.910. The molecule has 1 aliphatic rings. The predicted molar refractivity (Wildman–Crippen MR) is 78.5 cm³/mol. The second-order valence-electron chi connectivity index (χ2n) is 5.79. The first-order valence-corrected chi connectivity index (χ1v) is 7.53. The molecule has 1 amide bonds. The second-order valence-corrected chi connectivity index (χ2v) is 5.79. The molecular formula is C16H24N2O2. The van der Waals surface area contributed by atoms with E-state index in [0.29, 0.717) is 5.92 Å². The highest BCUT2D eigenvalue weighted by Gasteiger charge is 2.15. The molecule has 1 heterocycles. The number of hydrogen-bond donors (Lipinski definition) is 1. The molecule has 0 aliphatic heterocycles. The van der Waals surface area contributed by atoms with Crippen LogP contribution in [0.3, 0.4) is 0 Å². The Morgan fingerprint density at radius 3 is 2.70 bits per heavy atom. The number of pyridine rings is 1. The number of carbonyl (C=O) groups is 1. The van der Waals surface area contributed by atoms with Crippen LogP contribution in [0.25, 0.3) is 0 Å². The van der Waals surface area contributed by atoms with Crippen molar-refractivity contribution < 1.29 is 9.53 Å². The van der Waals surface area contributed by atoms with Gasteiger partial charge in [0.05, 0.1) is 5.69 Å². The lowest BCUT2D eigenvalue weighted by molar-refractivity contribution is 0.136. The third-order valence-corrected chi connectivity index (χ3v) is 3.68. The molecule has 1 aromatic heterocycles. The van der Waals surface area contributed by atoms with Crippen molar-refractivity contribution in [2.24, 2.45) is 0 Å².